The smallest absolute Gasteiger partial charge is 0.397 e. The zero-order valence-electron chi connectivity index (χ0n) is 10.0. The summed E-state index contributed by atoms with van der Waals surface area (Å²) in [6.45, 7) is 0. The molecule has 2 heterocycles. The van der Waals surface area contributed by atoms with Gasteiger partial charge in [0.25, 0.3) is 0 Å². The lowest BCUT2D eigenvalue weighted by atomic mass is 10.1. The van der Waals surface area contributed by atoms with Crippen LogP contribution in [0.5, 0.6) is 0 Å². The van der Waals surface area contributed by atoms with Gasteiger partial charge in [0, 0.05) is 11.9 Å². The monoisotopic (exact) mass is 282 g/mol. The van der Waals surface area contributed by atoms with Gasteiger partial charge in [-0.1, -0.05) is 0 Å². The Balaban J connectivity index is 2.05. The second kappa shape index (κ2) is 3.99. The van der Waals surface area contributed by atoms with Gasteiger partial charge in [0.15, 0.2) is 5.69 Å². The van der Waals surface area contributed by atoms with Crippen LogP contribution < -0.4 is 11.1 Å². The van der Waals surface area contributed by atoms with Gasteiger partial charge < -0.3 is 11.1 Å². The molecule has 104 valence electrons. The molecule has 0 aliphatic carbocycles. The van der Waals surface area contributed by atoms with Gasteiger partial charge in [-0.2, -0.15) is 18.3 Å². The molecule has 0 spiro atoms. The number of halogens is 3. The molecule has 0 radical (unpaired) electrons. The Bertz CT molecular complexity index is 705. The lowest BCUT2D eigenvalue weighted by Crippen LogP contribution is -2.08. The van der Waals surface area contributed by atoms with Crippen LogP contribution in [0.3, 0.4) is 0 Å². The van der Waals surface area contributed by atoms with Gasteiger partial charge >= 0.3 is 6.18 Å². The highest BCUT2D eigenvalue weighted by Gasteiger charge is 2.33. The molecule has 20 heavy (non-hydrogen) atoms. The van der Waals surface area contributed by atoms with Crippen LogP contribution in [0.1, 0.15) is 11.3 Å². The van der Waals surface area contributed by atoms with Crippen molar-refractivity contribution in [2.45, 2.75) is 12.6 Å². The van der Waals surface area contributed by atoms with E-state index in [2.05, 4.69) is 10.4 Å². The number of amides is 1. The zero-order valence-corrected chi connectivity index (χ0v) is 10.0. The highest BCUT2D eigenvalue weighted by molar-refractivity contribution is 6.00. The van der Waals surface area contributed by atoms with E-state index in [4.69, 9.17) is 5.73 Å². The molecule has 1 aliphatic rings. The lowest BCUT2D eigenvalue weighted by molar-refractivity contribution is -0.141. The number of hydrogen-bond acceptors (Lipinski definition) is 3. The average molecular weight is 282 g/mol. The molecule has 1 aromatic carbocycles. The van der Waals surface area contributed by atoms with E-state index in [1.165, 1.54) is 12.3 Å². The summed E-state index contributed by atoms with van der Waals surface area (Å²) in [5.41, 5.74) is 6.63. The van der Waals surface area contributed by atoms with Crippen molar-refractivity contribution in [2.75, 3.05) is 11.1 Å². The number of rotatable bonds is 1. The summed E-state index contributed by atoms with van der Waals surface area (Å²) in [6.07, 6.45) is -3.12. The van der Waals surface area contributed by atoms with Crippen molar-refractivity contribution < 1.29 is 18.0 Å². The number of benzene rings is 1. The van der Waals surface area contributed by atoms with Gasteiger partial charge in [-0.25, -0.2) is 4.68 Å². The molecule has 2 aromatic rings. The Morgan fingerprint density at radius 1 is 1.35 bits per heavy atom. The van der Waals surface area contributed by atoms with Crippen molar-refractivity contribution in [3.63, 3.8) is 0 Å². The van der Waals surface area contributed by atoms with Gasteiger partial charge in [0.1, 0.15) is 0 Å². The van der Waals surface area contributed by atoms with Crippen molar-refractivity contribution >= 4 is 17.3 Å². The van der Waals surface area contributed by atoms with E-state index < -0.39 is 11.9 Å². The van der Waals surface area contributed by atoms with Crippen LogP contribution in [-0.2, 0) is 17.4 Å². The Hall–Kier alpha value is -2.51. The molecule has 0 saturated heterocycles. The predicted molar refractivity (Wildman–Crippen MR) is 65.3 cm³/mol. The summed E-state index contributed by atoms with van der Waals surface area (Å²) >= 11 is 0. The van der Waals surface area contributed by atoms with E-state index in [9.17, 15) is 18.0 Å². The number of nitrogens with one attached hydrogen (secondary N) is 1. The zero-order chi connectivity index (χ0) is 14.5. The van der Waals surface area contributed by atoms with Crippen molar-refractivity contribution in [1.29, 1.82) is 0 Å². The molecule has 8 heteroatoms. The Morgan fingerprint density at radius 2 is 2.10 bits per heavy atom. The first-order chi connectivity index (χ1) is 9.34. The highest BCUT2D eigenvalue weighted by atomic mass is 19.4. The number of nitrogen functional groups attached to an aromatic ring is 1. The lowest BCUT2D eigenvalue weighted by Gasteiger charge is -2.09. The summed E-state index contributed by atoms with van der Waals surface area (Å²) in [5.74, 6) is -0.173. The van der Waals surface area contributed by atoms with Gasteiger partial charge in [-0.05, 0) is 23.8 Å². The molecule has 0 fully saturated rings. The fourth-order valence-electron chi connectivity index (χ4n) is 2.09. The summed E-state index contributed by atoms with van der Waals surface area (Å²) < 4.78 is 38.6. The van der Waals surface area contributed by atoms with Gasteiger partial charge in [0.05, 0.1) is 17.8 Å². The number of fused-ring (bicyclic) bond motifs is 1. The number of anilines is 2. The third-order valence-corrected chi connectivity index (χ3v) is 3.00. The van der Waals surface area contributed by atoms with E-state index >= 15 is 0 Å². The maximum atomic E-state index is 12.5. The van der Waals surface area contributed by atoms with Gasteiger partial charge in [0.2, 0.25) is 5.91 Å². The van der Waals surface area contributed by atoms with Crippen LogP contribution >= 0.6 is 0 Å². The number of nitrogens with zero attached hydrogens (tertiary/aromatic N) is 2. The fraction of sp³-hybridized carbons (Fsp3) is 0.167. The van der Waals surface area contributed by atoms with E-state index in [0.29, 0.717) is 11.4 Å². The van der Waals surface area contributed by atoms with Crippen LogP contribution in [0.2, 0.25) is 0 Å². The molecular formula is C12H9F3N4O. The van der Waals surface area contributed by atoms with E-state index in [0.717, 1.165) is 16.3 Å². The molecule has 0 atom stereocenters. The van der Waals surface area contributed by atoms with Crippen molar-refractivity contribution in [3.05, 3.63) is 35.7 Å². The van der Waals surface area contributed by atoms with Crippen LogP contribution in [-0.4, -0.2) is 15.7 Å². The van der Waals surface area contributed by atoms with E-state index in [-0.39, 0.29) is 18.0 Å². The number of aromatic nitrogens is 2. The van der Waals surface area contributed by atoms with Gasteiger partial charge in [-0.15, -0.1) is 0 Å². The summed E-state index contributed by atoms with van der Waals surface area (Å²) in [4.78, 5) is 11.3. The van der Waals surface area contributed by atoms with Crippen LogP contribution in [0.25, 0.3) is 5.69 Å². The third kappa shape index (κ3) is 1.98. The minimum Gasteiger partial charge on any atom is -0.397 e. The topological polar surface area (TPSA) is 72.9 Å². The Kier molecular flexibility index (Phi) is 2.50. The largest absolute Gasteiger partial charge is 0.435 e. The molecule has 1 amide bonds. The second-order valence-electron chi connectivity index (χ2n) is 4.44. The van der Waals surface area contributed by atoms with Crippen molar-refractivity contribution in [2.24, 2.45) is 0 Å². The highest BCUT2D eigenvalue weighted by Crippen LogP contribution is 2.32. The Labute approximate surface area is 111 Å². The minimum atomic E-state index is -4.51. The first-order valence-corrected chi connectivity index (χ1v) is 5.70. The first kappa shape index (κ1) is 12.5. The Morgan fingerprint density at radius 3 is 2.75 bits per heavy atom. The van der Waals surface area contributed by atoms with E-state index in [1.54, 1.807) is 6.07 Å². The minimum absolute atomic E-state index is 0.173. The number of alkyl halides is 3. The average Bonchev–Trinajstić information content (AvgIpc) is 2.92. The fourth-order valence-corrected chi connectivity index (χ4v) is 2.09. The number of carbonyl (C=O) groups excluding carboxylic acids is 1. The summed E-state index contributed by atoms with van der Waals surface area (Å²) in [7, 11) is 0. The van der Waals surface area contributed by atoms with E-state index in [1.807, 2.05) is 0 Å². The molecule has 0 bridgehead atoms. The van der Waals surface area contributed by atoms with Crippen molar-refractivity contribution in [1.82, 2.24) is 9.78 Å². The van der Waals surface area contributed by atoms with Crippen LogP contribution in [0, 0.1) is 0 Å². The predicted octanol–water partition coefficient (Wildman–Crippen LogP) is 1.97. The van der Waals surface area contributed by atoms with Gasteiger partial charge in [-0.3, -0.25) is 4.79 Å². The van der Waals surface area contributed by atoms with Crippen molar-refractivity contribution in [3.8, 4) is 5.69 Å². The standard InChI is InChI=1S/C12H9F3N4O/c13-12(14,15)10-1-2-19(18-10)9-5-8-6(3-7(9)16)4-11(20)17-8/h1-3,5H,4,16H2,(H,17,20). The summed E-state index contributed by atoms with van der Waals surface area (Å²) in [5, 5.41) is 6.07. The maximum Gasteiger partial charge on any atom is 0.435 e. The van der Waals surface area contributed by atoms with Crippen LogP contribution in [0.4, 0.5) is 24.5 Å². The molecule has 0 unspecified atom stereocenters. The first-order valence-electron chi connectivity index (χ1n) is 5.70. The molecule has 3 rings (SSSR count). The molecule has 1 aliphatic heterocycles. The number of hydrogen-bond donors (Lipinski definition) is 2. The summed E-state index contributed by atoms with van der Waals surface area (Å²) in [6, 6.07) is 3.95. The maximum absolute atomic E-state index is 12.5. The van der Waals surface area contributed by atoms with Crippen LogP contribution in [0.15, 0.2) is 24.4 Å². The SMILES string of the molecule is Nc1cc2c(cc1-n1ccc(C(F)(F)F)n1)NC(=O)C2. The normalized spacial score (nSPS) is 14.2. The molecular weight excluding hydrogens is 273 g/mol. The molecule has 1 aromatic heterocycles. The molecule has 3 N–H and O–H groups in total. The quantitative estimate of drug-likeness (QED) is 0.785. The molecule has 0 saturated carbocycles. The molecule has 5 nitrogen and oxygen atoms in total. The number of carbonyl (C=O) groups is 1. The third-order valence-electron chi connectivity index (χ3n) is 3.00. The number of nitrogens with two attached hydrogens (primary N) is 1. The second-order valence-corrected chi connectivity index (χ2v) is 4.44.